The van der Waals surface area contributed by atoms with Gasteiger partial charge >= 0.3 is 0 Å². The molecule has 2 aliphatic rings. The quantitative estimate of drug-likeness (QED) is 0.875. The summed E-state index contributed by atoms with van der Waals surface area (Å²) in [7, 11) is 0. The van der Waals surface area contributed by atoms with Crippen molar-refractivity contribution in [3.8, 4) is 5.75 Å². The van der Waals surface area contributed by atoms with Crippen LogP contribution in [0.1, 0.15) is 36.0 Å². The lowest BCUT2D eigenvalue weighted by atomic mass is 9.90. The van der Waals surface area contributed by atoms with Gasteiger partial charge in [-0.15, -0.1) is 0 Å². The van der Waals surface area contributed by atoms with Crippen molar-refractivity contribution in [2.24, 2.45) is 0 Å². The molecule has 0 bridgehead atoms. The van der Waals surface area contributed by atoms with Crippen molar-refractivity contribution in [2.45, 2.75) is 37.5 Å². The first kappa shape index (κ1) is 14.3. The summed E-state index contributed by atoms with van der Waals surface area (Å²) in [6.07, 6.45) is 2.84. The van der Waals surface area contributed by atoms with Gasteiger partial charge in [0.25, 0.3) is 5.91 Å². The molecule has 1 saturated carbocycles. The van der Waals surface area contributed by atoms with Crippen LogP contribution in [-0.4, -0.2) is 36.1 Å². The number of ether oxygens (including phenoxy) is 2. The van der Waals surface area contributed by atoms with Crippen LogP contribution < -0.4 is 5.32 Å². The third kappa shape index (κ3) is 2.87. The van der Waals surface area contributed by atoms with Gasteiger partial charge in [0, 0.05) is 18.9 Å². The van der Waals surface area contributed by atoms with E-state index in [4.69, 9.17) is 9.47 Å². The summed E-state index contributed by atoms with van der Waals surface area (Å²) in [5, 5.41) is 12.4. The van der Waals surface area contributed by atoms with Gasteiger partial charge in [0.15, 0.2) is 5.79 Å². The number of hydrogen-bond acceptors (Lipinski definition) is 4. The number of phenolic OH excluding ortho intramolecular Hbond substituents is 1. The zero-order valence-electron chi connectivity index (χ0n) is 11.6. The molecule has 2 fully saturated rings. The van der Waals surface area contributed by atoms with Crippen LogP contribution in [0.25, 0.3) is 0 Å². The number of phenols is 1. The molecule has 3 rings (SSSR count). The Labute approximate surface area is 122 Å². The Morgan fingerprint density at radius 1 is 1.29 bits per heavy atom. The molecule has 1 aromatic rings. The van der Waals surface area contributed by atoms with E-state index in [0.717, 1.165) is 6.07 Å². The fourth-order valence-electron chi connectivity index (χ4n) is 2.98. The maximum absolute atomic E-state index is 13.6. The second-order valence-corrected chi connectivity index (χ2v) is 5.49. The highest BCUT2D eigenvalue weighted by atomic mass is 19.1. The van der Waals surface area contributed by atoms with E-state index in [0.29, 0.717) is 38.9 Å². The van der Waals surface area contributed by atoms with Crippen LogP contribution in [0.5, 0.6) is 5.75 Å². The number of amides is 1. The van der Waals surface area contributed by atoms with Gasteiger partial charge in [0.2, 0.25) is 0 Å². The van der Waals surface area contributed by atoms with E-state index in [1.54, 1.807) is 0 Å². The fraction of sp³-hybridized carbons (Fsp3) is 0.533. The minimum atomic E-state index is -0.720. The number of benzene rings is 1. The molecule has 6 heteroatoms. The van der Waals surface area contributed by atoms with Crippen molar-refractivity contribution in [3.63, 3.8) is 0 Å². The van der Waals surface area contributed by atoms with E-state index in [9.17, 15) is 14.3 Å². The summed E-state index contributed by atoms with van der Waals surface area (Å²) >= 11 is 0. The van der Waals surface area contributed by atoms with Crippen molar-refractivity contribution < 1.29 is 23.8 Å². The maximum atomic E-state index is 13.6. The van der Waals surface area contributed by atoms with Gasteiger partial charge in [-0.3, -0.25) is 4.79 Å². The summed E-state index contributed by atoms with van der Waals surface area (Å²) in [6, 6.07) is 3.76. The monoisotopic (exact) mass is 295 g/mol. The Hall–Kier alpha value is -1.66. The van der Waals surface area contributed by atoms with E-state index < -0.39 is 17.5 Å². The number of carbonyl (C=O) groups is 1. The van der Waals surface area contributed by atoms with E-state index in [1.165, 1.54) is 12.1 Å². The van der Waals surface area contributed by atoms with Crippen LogP contribution in [0, 0.1) is 5.82 Å². The molecule has 1 spiro atoms. The van der Waals surface area contributed by atoms with Gasteiger partial charge in [-0.2, -0.15) is 0 Å². The maximum Gasteiger partial charge on any atom is 0.258 e. The number of carbonyl (C=O) groups excluding carboxylic acids is 1. The Morgan fingerprint density at radius 3 is 2.57 bits per heavy atom. The predicted octanol–water partition coefficient (Wildman–Crippen LogP) is 1.95. The standard InChI is InChI=1S/C15H18FNO4/c16-11-2-1-3-12(18)13(11)14(19)17-10-4-6-15(7-5-10)20-8-9-21-15/h1-3,10,18H,4-9H2,(H,17,19). The highest BCUT2D eigenvalue weighted by Crippen LogP contribution is 2.35. The highest BCUT2D eigenvalue weighted by molar-refractivity contribution is 5.97. The average molecular weight is 295 g/mol. The van der Waals surface area contributed by atoms with Crippen LogP contribution >= 0.6 is 0 Å². The third-order valence-corrected chi connectivity index (χ3v) is 4.11. The first-order chi connectivity index (χ1) is 10.1. The van der Waals surface area contributed by atoms with Gasteiger partial charge < -0.3 is 19.9 Å². The molecule has 0 atom stereocenters. The zero-order chi connectivity index (χ0) is 14.9. The minimum Gasteiger partial charge on any atom is -0.507 e. The Bertz CT molecular complexity index is 512. The van der Waals surface area contributed by atoms with E-state index in [1.807, 2.05) is 0 Å². The molecule has 1 heterocycles. The number of aromatic hydroxyl groups is 1. The van der Waals surface area contributed by atoms with E-state index in [-0.39, 0.29) is 17.4 Å². The van der Waals surface area contributed by atoms with Crippen molar-refractivity contribution in [2.75, 3.05) is 13.2 Å². The summed E-state index contributed by atoms with van der Waals surface area (Å²) in [5.41, 5.74) is -0.300. The molecule has 1 aliphatic heterocycles. The molecule has 5 nitrogen and oxygen atoms in total. The summed E-state index contributed by atoms with van der Waals surface area (Å²) in [5.74, 6) is -2.13. The topological polar surface area (TPSA) is 67.8 Å². The first-order valence-electron chi connectivity index (χ1n) is 7.16. The second-order valence-electron chi connectivity index (χ2n) is 5.49. The molecule has 0 unspecified atom stereocenters. The number of halogens is 1. The fourth-order valence-corrected chi connectivity index (χ4v) is 2.98. The largest absolute Gasteiger partial charge is 0.507 e. The van der Waals surface area contributed by atoms with Crippen LogP contribution in [0.15, 0.2) is 18.2 Å². The average Bonchev–Trinajstić information content (AvgIpc) is 2.90. The third-order valence-electron chi connectivity index (χ3n) is 4.11. The van der Waals surface area contributed by atoms with Crippen LogP contribution in [0.2, 0.25) is 0 Å². The SMILES string of the molecule is O=C(NC1CCC2(CC1)OCCO2)c1c(O)cccc1F. The van der Waals surface area contributed by atoms with Gasteiger partial charge in [0.05, 0.1) is 13.2 Å². The molecular formula is C15H18FNO4. The number of rotatable bonds is 2. The summed E-state index contributed by atoms with van der Waals surface area (Å²) in [6.45, 7) is 1.22. The lowest BCUT2D eigenvalue weighted by Crippen LogP contribution is -2.44. The Kier molecular flexibility index (Phi) is 3.82. The van der Waals surface area contributed by atoms with Crippen LogP contribution in [0.4, 0.5) is 4.39 Å². The molecule has 0 radical (unpaired) electrons. The van der Waals surface area contributed by atoms with Crippen molar-refractivity contribution >= 4 is 5.91 Å². The van der Waals surface area contributed by atoms with Gasteiger partial charge in [0.1, 0.15) is 17.1 Å². The summed E-state index contributed by atoms with van der Waals surface area (Å²) < 4.78 is 24.9. The van der Waals surface area contributed by atoms with Crippen molar-refractivity contribution in [1.82, 2.24) is 5.32 Å². The zero-order valence-corrected chi connectivity index (χ0v) is 11.6. The smallest absolute Gasteiger partial charge is 0.258 e. The lowest BCUT2D eigenvalue weighted by Gasteiger charge is -2.35. The molecule has 1 amide bonds. The predicted molar refractivity (Wildman–Crippen MR) is 72.4 cm³/mol. The van der Waals surface area contributed by atoms with Gasteiger partial charge in [-0.05, 0) is 25.0 Å². The molecule has 21 heavy (non-hydrogen) atoms. The number of hydrogen-bond donors (Lipinski definition) is 2. The summed E-state index contributed by atoms with van der Waals surface area (Å²) in [4.78, 5) is 12.1. The first-order valence-corrected chi connectivity index (χ1v) is 7.16. The van der Waals surface area contributed by atoms with E-state index >= 15 is 0 Å². The molecule has 1 saturated heterocycles. The van der Waals surface area contributed by atoms with Gasteiger partial charge in [-0.1, -0.05) is 6.07 Å². The molecular weight excluding hydrogens is 277 g/mol. The normalized spacial score (nSPS) is 21.6. The molecule has 0 aromatic heterocycles. The van der Waals surface area contributed by atoms with Crippen LogP contribution in [-0.2, 0) is 9.47 Å². The van der Waals surface area contributed by atoms with Crippen LogP contribution in [0.3, 0.4) is 0 Å². The molecule has 2 N–H and O–H groups in total. The Morgan fingerprint density at radius 2 is 1.95 bits per heavy atom. The van der Waals surface area contributed by atoms with Gasteiger partial charge in [-0.25, -0.2) is 4.39 Å². The van der Waals surface area contributed by atoms with Crippen molar-refractivity contribution in [3.05, 3.63) is 29.6 Å². The molecule has 114 valence electrons. The molecule has 1 aliphatic carbocycles. The highest BCUT2D eigenvalue weighted by Gasteiger charge is 2.40. The lowest BCUT2D eigenvalue weighted by molar-refractivity contribution is -0.179. The number of nitrogens with one attached hydrogen (secondary N) is 1. The second kappa shape index (κ2) is 5.61. The minimum absolute atomic E-state index is 0.0602. The van der Waals surface area contributed by atoms with Crippen molar-refractivity contribution in [1.29, 1.82) is 0 Å². The van der Waals surface area contributed by atoms with E-state index in [2.05, 4.69) is 5.32 Å². The molecule has 1 aromatic carbocycles. The Balaban J connectivity index is 1.61.